The van der Waals surface area contributed by atoms with Crippen LogP contribution >= 0.6 is 0 Å². The van der Waals surface area contributed by atoms with Gasteiger partial charge < -0.3 is 13.5 Å². The molecule has 0 N–H and O–H groups in total. The number of pyridine rings is 1. The van der Waals surface area contributed by atoms with Gasteiger partial charge in [0.2, 0.25) is 0 Å². The Hall–Kier alpha value is -10.5. The van der Waals surface area contributed by atoms with Gasteiger partial charge >= 0.3 is 0 Å². The van der Waals surface area contributed by atoms with Crippen LogP contribution in [0.15, 0.2) is 237 Å². The van der Waals surface area contributed by atoms with E-state index in [0.29, 0.717) is 0 Å². The lowest BCUT2D eigenvalue weighted by Gasteiger charge is -2.22. The minimum absolute atomic E-state index is 0.117. The third-order valence-electron chi connectivity index (χ3n) is 19.4. The topological polar surface area (TPSA) is 31.6 Å². The number of aromatic nitrogens is 5. The van der Waals surface area contributed by atoms with Crippen molar-refractivity contribution in [1.82, 2.24) is 22.9 Å². The molecule has 5 heteroatoms. The van der Waals surface area contributed by atoms with E-state index in [1.165, 1.54) is 153 Å². The van der Waals surface area contributed by atoms with Crippen molar-refractivity contribution in [3.63, 3.8) is 0 Å². The summed E-state index contributed by atoms with van der Waals surface area (Å²) in [4.78, 5) is 6.17. The van der Waals surface area contributed by atoms with Crippen LogP contribution in [0, 0.1) is 0 Å². The number of rotatable bonds is 4. The summed E-state index contributed by atoms with van der Waals surface area (Å²) in [6.45, 7) is 14.1. The smallest absolute Gasteiger partial charge is 0.146 e. The van der Waals surface area contributed by atoms with Crippen molar-refractivity contribution in [2.45, 2.75) is 52.4 Å². The maximum atomic E-state index is 6.17. The van der Waals surface area contributed by atoms with Gasteiger partial charge in [-0.25, -0.2) is 4.98 Å². The highest BCUT2D eigenvalue weighted by Gasteiger charge is 2.31. The monoisotopic (exact) mass is 1100 g/mol. The first kappa shape index (κ1) is 47.9. The van der Waals surface area contributed by atoms with E-state index >= 15 is 0 Å². The minimum Gasteiger partial charge on any atom is -0.309 e. The third-order valence-corrected chi connectivity index (χ3v) is 19.4. The molecule has 7 heterocycles. The van der Waals surface area contributed by atoms with Gasteiger partial charge in [0, 0.05) is 81.8 Å². The Morgan fingerprint density at radius 1 is 0.302 bits per heavy atom. The quantitative estimate of drug-likeness (QED) is 0.173. The van der Waals surface area contributed by atoms with Gasteiger partial charge in [-0.2, -0.15) is 0 Å². The predicted molar refractivity (Wildman–Crippen MR) is 366 cm³/mol. The molecule has 7 aromatic heterocycles. The Kier molecular flexibility index (Phi) is 9.28. The summed E-state index contributed by atoms with van der Waals surface area (Å²) in [6.07, 6.45) is 0. The minimum atomic E-state index is -0.134. The van der Waals surface area contributed by atoms with E-state index in [2.05, 4.69) is 296 Å². The lowest BCUT2D eigenvalue weighted by Crippen LogP contribution is -2.11. The number of para-hydroxylation sites is 4. The number of benzene rings is 12. The van der Waals surface area contributed by atoms with Gasteiger partial charge in [0.15, 0.2) is 0 Å². The molecule has 0 atom stereocenters. The van der Waals surface area contributed by atoms with Crippen LogP contribution in [0.2, 0.25) is 0 Å². The first-order valence-corrected chi connectivity index (χ1v) is 30.3. The zero-order valence-electron chi connectivity index (χ0n) is 48.8. The highest BCUT2D eigenvalue weighted by Crippen LogP contribution is 2.52. The van der Waals surface area contributed by atoms with Crippen molar-refractivity contribution in [2.24, 2.45) is 0 Å². The molecule has 0 aliphatic rings. The summed E-state index contributed by atoms with van der Waals surface area (Å²) in [5.74, 6) is 0. The maximum absolute atomic E-state index is 6.17. The molecule has 0 saturated heterocycles. The maximum Gasteiger partial charge on any atom is 0.146 e. The van der Waals surface area contributed by atoms with Crippen molar-refractivity contribution >= 4 is 142 Å². The van der Waals surface area contributed by atoms with Crippen LogP contribution in [0.1, 0.15) is 52.7 Å². The van der Waals surface area contributed by atoms with E-state index in [9.17, 15) is 0 Å². The summed E-state index contributed by atoms with van der Waals surface area (Å²) in [6, 6.07) is 89.1. The molecule has 0 bridgehead atoms. The fraction of sp³-hybridized carbons (Fsp3) is 0.0988. The zero-order chi connectivity index (χ0) is 57.2. The molecule has 0 unspecified atom stereocenters. The second-order valence-corrected chi connectivity index (χ2v) is 26.3. The molecular formula is C81H57N5. The van der Waals surface area contributed by atoms with Gasteiger partial charge in [0.05, 0.1) is 55.2 Å². The second-order valence-electron chi connectivity index (χ2n) is 26.3. The first-order valence-electron chi connectivity index (χ1n) is 30.3. The molecule has 0 spiro atoms. The summed E-state index contributed by atoms with van der Waals surface area (Å²) in [7, 11) is 0. The van der Waals surface area contributed by atoms with Crippen LogP contribution in [0.3, 0.4) is 0 Å². The van der Waals surface area contributed by atoms with Gasteiger partial charge in [-0.1, -0.05) is 175 Å². The Morgan fingerprint density at radius 3 is 1.43 bits per heavy atom. The van der Waals surface area contributed by atoms with Crippen molar-refractivity contribution in [1.29, 1.82) is 0 Å². The molecule has 0 fully saturated rings. The van der Waals surface area contributed by atoms with Crippen LogP contribution in [0.5, 0.6) is 0 Å². The van der Waals surface area contributed by atoms with E-state index in [4.69, 9.17) is 4.98 Å². The number of nitrogens with zero attached hydrogens (tertiary/aromatic N) is 5. The van der Waals surface area contributed by atoms with Crippen molar-refractivity contribution in [2.75, 3.05) is 0 Å². The van der Waals surface area contributed by atoms with Crippen molar-refractivity contribution < 1.29 is 0 Å². The third kappa shape index (κ3) is 6.31. The van der Waals surface area contributed by atoms with E-state index < -0.39 is 0 Å². The van der Waals surface area contributed by atoms with Crippen LogP contribution in [-0.4, -0.2) is 22.9 Å². The van der Waals surface area contributed by atoms with Crippen molar-refractivity contribution in [3.8, 4) is 33.6 Å². The van der Waals surface area contributed by atoms with Crippen LogP contribution in [0.4, 0.5) is 0 Å². The lowest BCUT2D eigenvalue weighted by atomic mass is 9.83. The van der Waals surface area contributed by atoms with Crippen molar-refractivity contribution in [3.05, 3.63) is 248 Å². The van der Waals surface area contributed by atoms with Gasteiger partial charge in [-0.05, 0) is 158 Å². The molecular weight excluding hydrogens is 1040 g/mol. The first-order chi connectivity index (χ1) is 41.9. The molecule has 86 heavy (non-hydrogen) atoms. The van der Waals surface area contributed by atoms with Crippen LogP contribution in [0.25, 0.3) is 175 Å². The van der Waals surface area contributed by atoms with Gasteiger partial charge in [-0.15, -0.1) is 0 Å². The average Bonchev–Trinajstić information content (AvgIpc) is 1.53. The summed E-state index contributed by atoms with van der Waals surface area (Å²) in [5, 5.41) is 18.5. The predicted octanol–water partition coefficient (Wildman–Crippen LogP) is 21.8. The Bertz CT molecular complexity index is 6130. The molecule has 406 valence electrons. The van der Waals surface area contributed by atoms with E-state index in [1.807, 2.05) is 0 Å². The van der Waals surface area contributed by atoms with Gasteiger partial charge in [0.25, 0.3) is 0 Å². The fourth-order valence-electron chi connectivity index (χ4n) is 15.4. The SMILES string of the molecule is CC(C)(C)c1cc(-c2ccc3c(c2)c2ccccc2n3-c2ccccc2)c2c(c1)c1cc(C(C)(C)C)cc3c4nc5c(cc4n2c13)c1cc2ccccc2c2c3cc4ccccc4c(-c4ccc6c(c4)c4ccccc4n6-c4ccccc4)c3n5c12. The Balaban J connectivity index is 0.964. The van der Waals surface area contributed by atoms with Crippen LogP contribution in [-0.2, 0) is 10.8 Å². The summed E-state index contributed by atoms with van der Waals surface area (Å²) in [5.41, 5.74) is 22.3. The number of hydrogen-bond acceptors (Lipinski definition) is 1. The summed E-state index contributed by atoms with van der Waals surface area (Å²) >= 11 is 0. The highest BCUT2D eigenvalue weighted by molar-refractivity contribution is 6.36. The van der Waals surface area contributed by atoms with Gasteiger partial charge in [-0.3, -0.25) is 4.40 Å². The molecule has 19 rings (SSSR count). The van der Waals surface area contributed by atoms with Gasteiger partial charge in [0.1, 0.15) is 5.65 Å². The normalized spacial score (nSPS) is 13.0. The van der Waals surface area contributed by atoms with E-state index in [0.717, 1.165) is 33.4 Å². The lowest BCUT2D eigenvalue weighted by molar-refractivity contribution is 0.591. The molecule has 0 aliphatic carbocycles. The fourth-order valence-corrected chi connectivity index (χ4v) is 15.4. The molecule has 12 aromatic carbocycles. The van der Waals surface area contributed by atoms with E-state index in [-0.39, 0.29) is 10.8 Å². The van der Waals surface area contributed by atoms with E-state index in [1.54, 1.807) is 0 Å². The zero-order valence-corrected chi connectivity index (χ0v) is 48.8. The highest BCUT2D eigenvalue weighted by atomic mass is 15.0. The van der Waals surface area contributed by atoms with Crippen LogP contribution < -0.4 is 0 Å². The molecule has 0 amide bonds. The molecule has 0 radical (unpaired) electrons. The Morgan fingerprint density at radius 2 is 0.791 bits per heavy atom. The average molecular weight is 1100 g/mol. The largest absolute Gasteiger partial charge is 0.309 e. The molecule has 5 nitrogen and oxygen atoms in total. The number of hydrogen-bond donors (Lipinski definition) is 0. The molecule has 19 aromatic rings. The standard InChI is InChI=1S/C81H57N5/c1-80(2,3)50-41-58(48-33-35-69-59(37-48)56-29-17-19-31-67(56)83(69)52-23-9-7-10-24-52)75-62(42-50)63-43-51(81(4,5)6)44-66-74-71(85(75)76(63)66)45-64-61-38-46-21-14-16-28-55(46)73-65-39-47-22-13-15-27-54(47)72(78(65)86(77(61)73)79(64)82-74)49-34-36-70-60(40-49)57-30-18-20-32-68(57)84(70)53-25-11-8-12-26-53/h7-45H,1-6H3. The number of fused-ring (bicyclic) bond motifs is 21. The summed E-state index contributed by atoms with van der Waals surface area (Å²) < 4.78 is 10.0. The second kappa shape index (κ2) is 16.6. The Labute approximate surface area is 495 Å². The molecule has 0 aliphatic heterocycles. The molecule has 0 saturated carbocycles.